The van der Waals surface area contributed by atoms with Crippen LogP contribution in [0.1, 0.15) is 44.7 Å². The fourth-order valence-electron chi connectivity index (χ4n) is 4.62. The van der Waals surface area contributed by atoms with Gasteiger partial charge in [-0.2, -0.15) is 4.57 Å². The highest BCUT2D eigenvalue weighted by Gasteiger charge is 2.33. The van der Waals surface area contributed by atoms with E-state index < -0.39 is 23.8 Å². The Hall–Kier alpha value is -4.59. The number of hydrogen-bond acceptors (Lipinski definition) is 6. The van der Waals surface area contributed by atoms with Crippen molar-refractivity contribution in [3.05, 3.63) is 82.9 Å². The number of hydrogen-bond donors (Lipinski definition) is 0. The number of benzene rings is 3. The van der Waals surface area contributed by atoms with E-state index in [1.54, 1.807) is 13.8 Å². The number of nitrogens with zero attached hydrogens (tertiary/aromatic N) is 2. The second kappa shape index (κ2) is 8.88. The molecule has 0 radical (unpaired) electrons. The van der Waals surface area contributed by atoms with E-state index in [2.05, 4.69) is 0 Å². The molecule has 3 aromatic carbocycles. The number of para-hydroxylation sites is 2. The summed E-state index contributed by atoms with van der Waals surface area (Å²) in [4.78, 5) is 54.7. The molecule has 0 unspecified atom stereocenters. The average Bonchev–Trinajstić information content (AvgIpc) is 3.18. The molecule has 2 heterocycles. The summed E-state index contributed by atoms with van der Waals surface area (Å²) in [5.74, 6) is -2.13. The molecule has 1 aliphatic heterocycles. The highest BCUT2D eigenvalue weighted by atomic mass is 16.7. The van der Waals surface area contributed by atoms with Crippen molar-refractivity contribution in [3.8, 4) is 5.75 Å². The number of rotatable bonds is 4. The molecule has 0 N–H and O–H groups in total. The Morgan fingerprint density at radius 1 is 0.806 bits per heavy atom. The van der Waals surface area contributed by atoms with Crippen LogP contribution in [0.4, 0.5) is 0 Å². The number of esters is 1. The third kappa shape index (κ3) is 3.86. The van der Waals surface area contributed by atoms with Crippen molar-refractivity contribution in [3.63, 3.8) is 0 Å². The van der Waals surface area contributed by atoms with Gasteiger partial charge < -0.3 is 9.57 Å². The summed E-state index contributed by atoms with van der Waals surface area (Å²) in [7, 11) is 1.95. The van der Waals surface area contributed by atoms with Crippen molar-refractivity contribution >= 4 is 45.6 Å². The lowest BCUT2D eigenvalue weighted by molar-refractivity contribution is -0.617. The molecule has 8 nitrogen and oxygen atoms in total. The predicted octanol–water partition coefficient (Wildman–Crippen LogP) is 3.87. The third-order valence-electron chi connectivity index (χ3n) is 6.34. The lowest BCUT2D eigenvalue weighted by Crippen LogP contribution is -2.32. The fraction of sp³-hybridized carbons (Fsp3) is 0.179. The van der Waals surface area contributed by atoms with Crippen LogP contribution in [0, 0.1) is 13.8 Å². The largest absolute Gasteiger partial charge is 0.422 e. The molecule has 2 amide bonds. The van der Waals surface area contributed by atoms with Crippen LogP contribution < -0.4 is 9.30 Å². The number of carbonyl (C=O) groups excluding carboxylic acids is 4. The van der Waals surface area contributed by atoms with Crippen LogP contribution in [-0.4, -0.2) is 28.8 Å². The van der Waals surface area contributed by atoms with Crippen molar-refractivity contribution in [2.45, 2.75) is 26.7 Å². The van der Waals surface area contributed by atoms with Crippen LogP contribution in [0.2, 0.25) is 0 Å². The molecule has 0 atom stereocenters. The minimum Gasteiger partial charge on any atom is -0.422 e. The van der Waals surface area contributed by atoms with Gasteiger partial charge in [0, 0.05) is 25.0 Å². The smallest absolute Gasteiger partial charge is 0.363 e. The van der Waals surface area contributed by atoms with Gasteiger partial charge in [-0.25, -0.2) is 9.59 Å². The summed E-state index contributed by atoms with van der Waals surface area (Å²) in [5, 5.41) is 2.03. The second-order valence-electron chi connectivity index (χ2n) is 8.76. The van der Waals surface area contributed by atoms with Crippen LogP contribution in [0.25, 0.3) is 21.8 Å². The van der Waals surface area contributed by atoms with E-state index in [0.717, 1.165) is 21.8 Å². The number of carbonyl (C=O) groups is 4. The summed E-state index contributed by atoms with van der Waals surface area (Å²) >= 11 is 0. The first-order valence-electron chi connectivity index (χ1n) is 11.5. The first-order valence-corrected chi connectivity index (χ1v) is 11.5. The lowest BCUT2D eigenvalue weighted by Gasteiger charge is -2.16. The van der Waals surface area contributed by atoms with Gasteiger partial charge in [0.25, 0.3) is 11.8 Å². The molecule has 1 aliphatic rings. The first kappa shape index (κ1) is 23.2. The molecule has 1 aromatic heterocycles. The first-order chi connectivity index (χ1) is 17.3. The van der Waals surface area contributed by atoms with E-state index in [1.165, 1.54) is 12.1 Å². The molecule has 180 valence electrons. The maximum Gasteiger partial charge on any atom is 0.363 e. The van der Waals surface area contributed by atoms with Crippen LogP contribution in [0.3, 0.4) is 0 Å². The zero-order chi connectivity index (χ0) is 25.6. The maximum absolute atomic E-state index is 13.6. The Morgan fingerprint density at radius 3 is 1.83 bits per heavy atom. The van der Waals surface area contributed by atoms with Crippen LogP contribution in [0.15, 0.2) is 60.7 Å². The molecule has 0 spiro atoms. The van der Waals surface area contributed by atoms with Gasteiger partial charge in [-0.1, -0.05) is 24.3 Å². The van der Waals surface area contributed by atoms with Gasteiger partial charge in [-0.3, -0.25) is 9.59 Å². The predicted molar refractivity (Wildman–Crippen MR) is 130 cm³/mol. The molecule has 4 aromatic rings. The Balaban J connectivity index is 1.50. The molecule has 0 saturated carbocycles. The Labute approximate surface area is 206 Å². The van der Waals surface area contributed by atoms with E-state index in [9.17, 15) is 19.2 Å². The number of amides is 2. The topological polar surface area (TPSA) is 93.9 Å². The normalized spacial score (nSPS) is 13.5. The van der Waals surface area contributed by atoms with Crippen molar-refractivity contribution in [2.24, 2.45) is 7.05 Å². The molecule has 0 aliphatic carbocycles. The molecule has 1 fully saturated rings. The van der Waals surface area contributed by atoms with Gasteiger partial charge in [0.05, 0.1) is 21.9 Å². The maximum atomic E-state index is 13.6. The van der Waals surface area contributed by atoms with E-state index in [-0.39, 0.29) is 18.4 Å². The van der Waals surface area contributed by atoms with Gasteiger partial charge in [-0.05, 0) is 49.2 Å². The van der Waals surface area contributed by atoms with Gasteiger partial charge in [-0.15, -0.1) is 5.06 Å². The van der Waals surface area contributed by atoms with Crippen LogP contribution >= 0.6 is 0 Å². The average molecular weight is 484 g/mol. The highest BCUT2D eigenvalue weighted by Crippen LogP contribution is 2.30. The monoisotopic (exact) mass is 483 g/mol. The van der Waals surface area contributed by atoms with E-state index in [1.807, 2.05) is 60.1 Å². The summed E-state index contributed by atoms with van der Waals surface area (Å²) in [6.45, 7) is 3.42. The van der Waals surface area contributed by atoms with Crippen LogP contribution in [0.5, 0.6) is 5.75 Å². The van der Waals surface area contributed by atoms with Crippen molar-refractivity contribution < 1.29 is 33.3 Å². The molecular formula is C28H23N2O6+. The number of pyridine rings is 1. The van der Waals surface area contributed by atoms with Crippen molar-refractivity contribution in [2.75, 3.05) is 0 Å². The van der Waals surface area contributed by atoms with E-state index in [0.29, 0.717) is 27.5 Å². The molecule has 36 heavy (non-hydrogen) atoms. The van der Waals surface area contributed by atoms with E-state index >= 15 is 0 Å². The number of fused-ring (bicyclic) bond motifs is 2. The van der Waals surface area contributed by atoms with Crippen molar-refractivity contribution in [1.29, 1.82) is 0 Å². The van der Waals surface area contributed by atoms with Crippen LogP contribution in [-0.2, 0) is 21.5 Å². The van der Waals surface area contributed by atoms with E-state index in [4.69, 9.17) is 9.57 Å². The van der Waals surface area contributed by atoms with Gasteiger partial charge in [0.2, 0.25) is 11.0 Å². The number of hydroxylamine groups is 2. The zero-order valence-electron chi connectivity index (χ0n) is 20.0. The lowest BCUT2D eigenvalue weighted by atomic mass is 10.0. The Morgan fingerprint density at radius 2 is 1.31 bits per heavy atom. The third-order valence-corrected chi connectivity index (χ3v) is 6.34. The Kier molecular flexibility index (Phi) is 5.72. The van der Waals surface area contributed by atoms with Gasteiger partial charge in [0.15, 0.2) is 0 Å². The Bertz CT molecular complexity index is 1510. The van der Waals surface area contributed by atoms with Gasteiger partial charge in [0.1, 0.15) is 12.8 Å². The quantitative estimate of drug-likeness (QED) is 0.144. The second-order valence-corrected chi connectivity index (χ2v) is 8.76. The fourth-order valence-corrected chi connectivity index (χ4v) is 4.62. The minimum absolute atomic E-state index is 0.0138. The summed E-state index contributed by atoms with van der Waals surface area (Å²) in [6.07, 6.45) is 0.0277. The minimum atomic E-state index is -0.838. The standard InChI is InChI=1S/C28H23N2O6/c1-16-14-18(27(33)36-30-23(31)12-13-24(30)32)15-17(2)26(16)35-28(34)25-19-8-4-6-10-21(19)29(3)22-11-7-5-9-20(22)25/h4-11,14-15H,12-13H2,1-3H3/q+1. The SMILES string of the molecule is Cc1cc(C(=O)ON2C(=O)CCC2=O)cc(C)c1OC(=O)c1c2ccccc2[n+](C)c2ccccc12. The van der Waals surface area contributed by atoms with Gasteiger partial charge >= 0.3 is 11.9 Å². The molecule has 8 heteroatoms. The summed E-state index contributed by atoms with van der Waals surface area (Å²) < 4.78 is 7.94. The molecular weight excluding hydrogens is 460 g/mol. The number of aromatic nitrogens is 1. The van der Waals surface area contributed by atoms with Crippen molar-refractivity contribution in [1.82, 2.24) is 5.06 Å². The molecule has 5 rings (SSSR count). The highest BCUT2D eigenvalue weighted by molar-refractivity contribution is 6.13. The number of ether oxygens (including phenoxy) is 1. The number of aryl methyl sites for hydroxylation is 3. The summed E-state index contributed by atoms with van der Waals surface area (Å²) in [6, 6.07) is 18.3. The molecule has 0 bridgehead atoms. The zero-order valence-corrected chi connectivity index (χ0v) is 20.0. The molecule has 1 saturated heterocycles. The number of imide groups is 1. The summed E-state index contributed by atoms with van der Waals surface area (Å²) in [5.41, 5.74) is 3.43.